The molecule has 3 aromatic carbocycles. The van der Waals surface area contributed by atoms with Crippen molar-refractivity contribution in [2.75, 3.05) is 25.0 Å². The summed E-state index contributed by atoms with van der Waals surface area (Å²) in [5.41, 5.74) is 3.41. The Hall–Kier alpha value is -5.43. The number of carbonyl (C=O) groups is 4. The summed E-state index contributed by atoms with van der Waals surface area (Å²) in [4.78, 5) is 54.5. The lowest BCUT2D eigenvalue weighted by atomic mass is 9.80. The molecule has 2 aliphatic rings. The molecule has 0 aliphatic carbocycles. The minimum absolute atomic E-state index is 0.0146. The maximum Gasteiger partial charge on any atom is 0.335 e. The number of likely N-dealkylation sites (tertiary alicyclic amines) is 1. The third kappa shape index (κ3) is 6.54. The molecule has 0 spiro atoms. The fourth-order valence-electron chi connectivity index (χ4n) is 6.45. The first-order valence-electron chi connectivity index (χ1n) is 15.3. The largest absolute Gasteiger partial charge is 0.478 e. The molecule has 1 atom stereocenters. The van der Waals surface area contributed by atoms with Crippen LogP contribution >= 0.6 is 11.6 Å². The summed E-state index contributed by atoms with van der Waals surface area (Å²) in [6.45, 7) is 3.05. The molecule has 6 rings (SSSR count). The van der Waals surface area contributed by atoms with Crippen molar-refractivity contribution in [2.24, 2.45) is 0 Å². The molecule has 0 bridgehead atoms. The number of hydrogen-bond donors (Lipinski definition) is 2. The zero-order valence-electron chi connectivity index (χ0n) is 25.8. The van der Waals surface area contributed by atoms with Crippen LogP contribution in [-0.4, -0.2) is 78.4 Å². The van der Waals surface area contributed by atoms with Gasteiger partial charge in [0.25, 0.3) is 5.91 Å². The van der Waals surface area contributed by atoms with Crippen molar-refractivity contribution >= 4 is 47.1 Å². The summed E-state index contributed by atoms with van der Waals surface area (Å²) in [6.07, 6.45) is 5.81. The van der Waals surface area contributed by atoms with Gasteiger partial charge in [-0.15, -0.1) is 5.10 Å². The second-order valence-electron chi connectivity index (χ2n) is 11.6. The van der Waals surface area contributed by atoms with Gasteiger partial charge in [-0.25, -0.2) is 9.18 Å². The van der Waals surface area contributed by atoms with Crippen LogP contribution < -0.4 is 5.32 Å². The zero-order valence-corrected chi connectivity index (χ0v) is 26.6. The van der Waals surface area contributed by atoms with Crippen molar-refractivity contribution in [3.05, 3.63) is 106 Å². The first kappa shape index (κ1) is 32.5. The number of aromatic nitrogens is 4. The number of rotatable bonds is 7. The van der Waals surface area contributed by atoms with Crippen LogP contribution in [0.4, 0.5) is 10.1 Å². The highest BCUT2D eigenvalue weighted by atomic mass is 35.5. The molecule has 246 valence electrons. The van der Waals surface area contributed by atoms with Gasteiger partial charge in [0.15, 0.2) is 5.82 Å². The van der Waals surface area contributed by atoms with Gasteiger partial charge >= 0.3 is 5.97 Å². The number of benzene rings is 3. The Morgan fingerprint density at radius 1 is 1.00 bits per heavy atom. The van der Waals surface area contributed by atoms with Gasteiger partial charge < -0.3 is 20.2 Å². The number of nitrogens with zero attached hydrogens (tertiary/aromatic N) is 6. The lowest BCUT2D eigenvalue weighted by Crippen LogP contribution is -2.45. The molecule has 2 aliphatic heterocycles. The van der Waals surface area contributed by atoms with Crippen LogP contribution in [0.25, 0.3) is 11.8 Å². The lowest BCUT2D eigenvalue weighted by molar-refractivity contribution is -0.135. The van der Waals surface area contributed by atoms with Crippen molar-refractivity contribution < 1.29 is 28.7 Å². The topological polar surface area (TPSA) is 151 Å². The van der Waals surface area contributed by atoms with Gasteiger partial charge in [-0.3, -0.25) is 14.4 Å². The fraction of sp³-hybridized carbons (Fsp3) is 0.265. The second kappa shape index (κ2) is 13.7. The predicted molar refractivity (Wildman–Crippen MR) is 174 cm³/mol. The molecule has 14 heteroatoms. The Balaban J connectivity index is 1.34. The molecular formula is C34H31ClFN7O5. The van der Waals surface area contributed by atoms with Crippen LogP contribution in [0.3, 0.4) is 0 Å². The minimum Gasteiger partial charge on any atom is -0.478 e. The Morgan fingerprint density at radius 2 is 1.73 bits per heavy atom. The Labute approximate surface area is 279 Å². The van der Waals surface area contributed by atoms with Gasteiger partial charge in [-0.2, -0.15) is 4.68 Å². The maximum absolute atomic E-state index is 15.2. The van der Waals surface area contributed by atoms with Crippen LogP contribution in [-0.2, 0) is 20.8 Å². The van der Waals surface area contributed by atoms with Gasteiger partial charge in [0, 0.05) is 43.9 Å². The number of carboxylic acid groups (broad SMARTS) is 1. The van der Waals surface area contributed by atoms with Crippen LogP contribution in [0.2, 0.25) is 5.02 Å². The van der Waals surface area contributed by atoms with Crippen molar-refractivity contribution in [1.82, 2.24) is 30.0 Å². The number of halogens is 2. The third-order valence-corrected chi connectivity index (χ3v) is 9.16. The fourth-order valence-corrected chi connectivity index (χ4v) is 6.61. The van der Waals surface area contributed by atoms with Gasteiger partial charge in [0.2, 0.25) is 11.8 Å². The number of anilines is 1. The molecule has 4 aromatic rings. The van der Waals surface area contributed by atoms with Crippen molar-refractivity contribution in [2.45, 2.75) is 38.1 Å². The average Bonchev–Trinajstić information content (AvgIpc) is 3.63. The second-order valence-corrected chi connectivity index (χ2v) is 12.0. The molecule has 0 saturated carbocycles. The first-order chi connectivity index (χ1) is 23.1. The number of nitrogens with one attached hydrogen (secondary N) is 1. The molecule has 0 radical (unpaired) electrons. The molecular weight excluding hydrogens is 641 g/mol. The third-order valence-electron chi connectivity index (χ3n) is 8.87. The van der Waals surface area contributed by atoms with Gasteiger partial charge in [0.05, 0.1) is 16.3 Å². The molecule has 2 N–H and O–H groups in total. The molecule has 1 saturated heterocycles. The summed E-state index contributed by atoms with van der Waals surface area (Å²) in [5, 5.41) is 23.0. The molecule has 48 heavy (non-hydrogen) atoms. The molecule has 3 amide bonds. The number of piperidine rings is 1. The molecule has 3 heterocycles. The Morgan fingerprint density at radius 3 is 2.40 bits per heavy atom. The van der Waals surface area contributed by atoms with E-state index in [-0.39, 0.29) is 40.2 Å². The molecule has 1 aromatic heterocycles. The first-order valence-corrected chi connectivity index (χ1v) is 15.7. The molecule has 1 unspecified atom stereocenters. The number of tetrazole rings is 1. The summed E-state index contributed by atoms with van der Waals surface area (Å²) >= 11 is 6.07. The maximum atomic E-state index is 15.2. The number of fused-ring (bicyclic) bond motifs is 1. The highest BCUT2D eigenvalue weighted by Crippen LogP contribution is 2.39. The van der Waals surface area contributed by atoms with Crippen LogP contribution in [0.5, 0.6) is 0 Å². The summed E-state index contributed by atoms with van der Waals surface area (Å²) in [7, 11) is 0. The van der Waals surface area contributed by atoms with E-state index < -0.39 is 29.6 Å². The minimum atomic E-state index is -1.10. The van der Waals surface area contributed by atoms with E-state index >= 15 is 4.39 Å². The predicted octanol–water partition coefficient (Wildman–Crippen LogP) is 4.66. The highest BCUT2D eigenvalue weighted by molar-refractivity contribution is 6.31. The highest BCUT2D eigenvalue weighted by Gasteiger charge is 2.37. The van der Waals surface area contributed by atoms with E-state index in [2.05, 4.69) is 20.8 Å². The number of carboxylic acids is 1. The zero-order chi connectivity index (χ0) is 33.9. The Kier molecular flexibility index (Phi) is 9.30. The van der Waals surface area contributed by atoms with Gasteiger partial charge in [-0.05, 0) is 94.8 Å². The summed E-state index contributed by atoms with van der Waals surface area (Å²) < 4.78 is 16.5. The number of amides is 3. The number of aromatic carboxylic acids is 1. The van der Waals surface area contributed by atoms with E-state index in [9.17, 15) is 24.3 Å². The standard InChI is InChI=1S/C34H31ClFN7O5/c1-20(44)41-16-13-21(14-17-41)24-3-2-4-26-25(24)15-18-42(32(26)33(46)38-23-7-5-22(6-8-23)34(47)48)30(45)12-9-27-29(43-19-37-39-40-43)11-10-28(35)31(27)36/h2-12,19,21,32H,13-18H2,1H3,(H,38,46)(H,47,48). The van der Waals surface area contributed by atoms with Crippen LogP contribution in [0.15, 0.2) is 67.0 Å². The van der Waals surface area contributed by atoms with Crippen LogP contribution in [0, 0.1) is 5.82 Å². The van der Waals surface area contributed by atoms with Gasteiger partial charge in [-0.1, -0.05) is 29.8 Å². The van der Waals surface area contributed by atoms with E-state index in [1.807, 2.05) is 23.1 Å². The quantitative estimate of drug-likeness (QED) is 0.270. The average molecular weight is 672 g/mol. The number of carbonyl (C=O) groups excluding carboxylic acids is 3. The van der Waals surface area contributed by atoms with Gasteiger partial charge in [0.1, 0.15) is 12.4 Å². The van der Waals surface area contributed by atoms with E-state index in [0.717, 1.165) is 24.0 Å². The van der Waals surface area contributed by atoms with Crippen LogP contribution in [0.1, 0.15) is 64.3 Å². The number of hydrogen-bond acceptors (Lipinski definition) is 7. The van der Waals surface area contributed by atoms with E-state index in [0.29, 0.717) is 30.8 Å². The normalized spacial score (nSPS) is 16.5. The molecule has 1 fully saturated rings. The molecule has 12 nitrogen and oxygen atoms in total. The van der Waals surface area contributed by atoms with Crippen molar-refractivity contribution in [1.29, 1.82) is 0 Å². The van der Waals surface area contributed by atoms with E-state index in [1.165, 1.54) is 64.5 Å². The lowest BCUT2D eigenvalue weighted by Gasteiger charge is -2.39. The summed E-state index contributed by atoms with van der Waals surface area (Å²) in [5.74, 6) is -2.67. The summed E-state index contributed by atoms with van der Waals surface area (Å²) in [6, 6.07) is 13.3. The SMILES string of the molecule is CC(=O)N1CCC(c2cccc3c2CCN(C(=O)C=Cc2c(-n4cnnn4)ccc(Cl)c2F)C3C(=O)Nc2ccc(C(=O)O)cc2)CC1. The smallest absolute Gasteiger partial charge is 0.335 e. The monoisotopic (exact) mass is 671 g/mol. The van der Waals surface area contributed by atoms with Crippen molar-refractivity contribution in [3.63, 3.8) is 0 Å². The Bertz CT molecular complexity index is 1910. The van der Waals surface area contributed by atoms with E-state index in [4.69, 9.17) is 11.6 Å². The van der Waals surface area contributed by atoms with Crippen molar-refractivity contribution in [3.8, 4) is 5.69 Å². The van der Waals surface area contributed by atoms with E-state index in [1.54, 1.807) is 6.92 Å².